The number of carbonyl (C=O) groups excluding carboxylic acids is 3. The van der Waals surface area contributed by atoms with E-state index in [1.807, 2.05) is 0 Å². The number of nitrogens with one attached hydrogen (secondary N) is 2. The largest absolute Gasteiger partial charge is 0.416 e. The first-order chi connectivity index (χ1) is 15.2. The Balaban J connectivity index is 1.90. The van der Waals surface area contributed by atoms with Gasteiger partial charge in [0.15, 0.2) is 6.29 Å². The lowest BCUT2D eigenvalue weighted by molar-refractivity contribution is -0.138. The van der Waals surface area contributed by atoms with Crippen LogP contribution in [0.3, 0.4) is 0 Å². The molecule has 1 aliphatic heterocycles. The summed E-state index contributed by atoms with van der Waals surface area (Å²) in [6.45, 7) is 1.65. The molecule has 0 radical (unpaired) electrons. The smallest absolute Gasteiger partial charge is 0.341 e. The maximum absolute atomic E-state index is 13.3. The second kappa shape index (κ2) is 8.86. The second-order valence-electron chi connectivity index (χ2n) is 7.23. The van der Waals surface area contributed by atoms with Gasteiger partial charge in [0, 0.05) is 19.2 Å². The van der Waals surface area contributed by atoms with Crippen LogP contribution in [-0.4, -0.2) is 31.8 Å². The summed E-state index contributed by atoms with van der Waals surface area (Å²) < 4.78 is 39.9. The minimum atomic E-state index is -4.46. The minimum absolute atomic E-state index is 0.00224. The molecule has 1 atom stereocenters. The van der Waals surface area contributed by atoms with Gasteiger partial charge in [-0.25, -0.2) is 4.79 Å². The number of hydrogen-bond donors (Lipinski definition) is 2. The number of aryl methyl sites for hydroxylation is 1. The number of nitrogens with zero attached hydrogens (tertiary/aromatic N) is 1. The summed E-state index contributed by atoms with van der Waals surface area (Å²) in [5.74, 6) is -0.653. The average Bonchev–Trinajstić information content (AvgIpc) is 3.01. The monoisotopic (exact) mass is 445 g/mol. The van der Waals surface area contributed by atoms with E-state index in [1.165, 1.54) is 30.2 Å². The molecule has 0 aromatic heterocycles. The Hall–Kier alpha value is -3.62. The normalized spacial score (nSPS) is 18.0. The summed E-state index contributed by atoms with van der Waals surface area (Å²) in [6.07, 6.45) is -0.807. The van der Waals surface area contributed by atoms with E-state index < -0.39 is 29.2 Å². The lowest BCUT2D eigenvalue weighted by Gasteiger charge is -2.23. The quantitative estimate of drug-likeness (QED) is 0.526. The van der Waals surface area contributed by atoms with Crippen molar-refractivity contribution in [2.24, 2.45) is 0 Å². The molecule has 3 rings (SSSR count). The van der Waals surface area contributed by atoms with E-state index in [1.54, 1.807) is 37.3 Å². The summed E-state index contributed by atoms with van der Waals surface area (Å²) in [4.78, 5) is 38.3. The van der Waals surface area contributed by atoms with Crippen LogP contribution >= 0.6 is 0 Å². The summed E-state index contributed by atoms with van der Waals surface area (Å²) >= 11 is 0. The number of urea groups is 1. The average molecular weight is 445 g/mol. The van der Waals surface area contributed by atoms with Crippen LogP contribution in [0.5, 0.6) is 0 Å². The van der Waals surface area contributed by atoms with Gasteiger partial charge in [0.25, 0.3) is 5.91 Å². The lowest BCUT2D eigenvalue weighted by Crippen LogP contribution is -2.56. The first-order valence-corrected chi connectivity index (χ1v) is 9.92. The van der Waals surface area contributed by atoms with Crippen LogP contribution in [0.25, 0.3) is 6.08 Å². The molecule has 2 N–H and O–H groups in total. The molecule has 0 fully saturated rings. The maximum Gasteiger partial charge on any atom is 0.416 e. The van der Waals surface area contributed by atoms with Crippen LogP contribution in [0.2, 0.25) is 0 Å². The van der Waals surface area contributed by atoms with Gasteiger partial charge in [-0.1, -0.05) is 49.4 Å². The highest BCUT2D eigenvalue weighted by Crippen LogP contribution is 2.39. The molecule has 168 valence electrons. The molecule has 6 nitrogen and oxygen atoms in total. The Labute approximate surface area is 183 Å². The molecular formula is C23H22F3N3O3. The molecule has 1 heterocycles. The molecule has 9 heteroatoms. The molecule has 1 aliphatic rings. The van der Waals surface area contributed by atoms with Gasteiger partial charge in [-0.3, -0.25) is 9.59 Å². The first kappa shape index (κ1) is 23.1. The first-order valence-electron chi connectivity index (χ1n) is 9.92. The van der Waals surface area contributed by atoms with Crippen LogP contribution in [0.4, 0.5) is 23.7 Å². The van der Waals surface area contributed by atoms with Crippen LogP contribution < -0.4 is 15.5 Å². The molecule has 2 aromatic rings. The Morgan fingerprint density at radius 2 is 1.91 bits per heavy atom. The molecule has 0 saturated carbocycles. The fourth-order valence-electron chi connectivity index (χ4n) is 3.73. The fraction of sp³-hybridized carbons (Fsp3) is 0.261. The molecule has 0 bridgehead atoms. The van der Waals surface area contributed by atoms with E-state index in [0.717, 1.165) is 6.07 Å². The van der Waals surface area contributed by atoms with Gasteiger partial charge in [-0.05, 0) is 29.7 Å². The van der Waals surface area contributed by atoms with Crippen molar-refractivity contribution in [1.29, 1.82) is 0 Å². The number of alkyl halides is 3. The summed E-state index contributed by atoms with van der Waals surface area (Å²) in [5, 5.41) is 4.74. The van der Waals surface area contributed by atoms with E-state index >= 15 is 0 Å². The molecule has 2 aromatic carbocycles. The van der Waals surface area contributed by atoms with Gasteiger partial charge in [0.1, 0.15) is 0 Å². The SMILES string of the molecule is CCc1ccc(/C=C/CN2C(=O)C(C=O)(NC(=O)NC)c3ccccc32)cc1C(F)(F)F. The predicted molar refractivity (Wildman–Crippen MR) is 114 cm³/mol. The standard InChI is InChI=1S/C23H22F3N3O3/c1-3-16-11-10-15(13-18(16)23(24,25)26)7-6-12-29-19-9-5-4-8-17(19)22(14-30,20(29)31)28-21(32)27-2/h4-11,13-14H,3,12H2,1-2H3,(H2,27,28,32)/b7-6+. The van der Waals surface area contributed by atoms with Gasteiger partial charge in [-0.2, -0.15) is 13.2 Å². The predicted octanol–water partition coefficient (Wildman–Crippen LogP) is 3.65. The van der Waals surface area contributed by atoms with Crippen molar-refractivity contribution < 1.29 is 27.6 Å². The zero-order chi connectivity index (χ0) is 23.5. The second-order valence-corrected chi connectivity index (χ2v) is 7.23. The molecule has 1 unspecified atom stereocenters. The number of anilines is 1. The van der Waals surface area contributed by atoms with Gasteiger partial charge in [-0.15, -0.1) is 0 Å². The third-order valence-corrected chi connectivity index (χ3v) is 5.34. The third-order valence-electron chi connectivity index (χ3n) is 5.34. The van der Waals surface area contributed by atoms with Gasteiger partial charge in [0.05, 0.1) is 11.3 Å². The molecule has 0 aliphatic carbocycles. The van der Waals surface area contributed by atoms with E-state index in [9.17, 15) is 27.6 Å². The fourth-order valence-corrected chi connectivity index (χ4v) is 3.73. The van der Waals surface area contributed by atoms with Crippen molar-refractivity contribution in [3.63, 3.8) is 0 Å². The Kier molecular flexibility index (Phi) is 6.38. The lowest BCUT2D eigenvalue weighted by atomic mass is 9.93. The van der Waals surface area contributed by atoms with Gasteiger partial charge < -0.3 is 15.5 Å². The number of aldehydes is 1. The Morgan fingerprint density at radius 1 is 1.19 bits per heavy atom. The van der Waals surface area contributed by atoms with E-state index in [4.69, 9.17) is 0 Å². The van der Waals surface area contributed by atoms with Crippen LogP contribution in [0, 0.1) is 0 Å². The number of hydrogen-bond acceptors (Lipinski definition) is 3. The van der Waals surface area contributed by atoms with Crippen LogP contribution in [-0.2, 0) is 27.7 Å². The molecule has 0 spiro atoms. The zero-order valence-electron chi connectivity index (χ0n) is 17.5. The number of amides is 3. The number of halogens is 3. The van der Waals surface area contributed by atoms with Crippen molar-refractivity contribution in [3.05, 3.63) is 70.8 Å². The van der Waals surface area contributed by atoms with Crippen molar-refractivity contribution in [2.45, 2.75) is 25.1 Å². The minimum Gasteiger partial charge on any atom is -0.341 e. The van der Waals surface area contributed by atoms with Gasteiger partial charge in [0.2, 0.25) is 5.54 Å². The maximum atomic E-state index is 13.3. The number of carbonyl (C=O) groups is 3. The van der Waals surface area contributed by atoms with E-state index in [-0.39, 0.29) is 18.5 Å². The van der Waals surface area contributed by atoms with Crippen molar-refractivity contribution >= 4 is 30.0 Å². The zero-order valence-corrected chi connectivity index (χ0v) is 17.5. The summed E-state index contributed by atoms with van der Waals surface area (Å²) in [7, 11) is 1.36. The molecular weight excluding hydrogens is 423 g/mol. The number of rotatable bonds is 6. The Bertz CT molecular complexity index is 1080. The van der Waals surface area contributed by atoms with Crippen LogP contribution in [0.15, 0.2) is 48.5 Å². The highest BCUT2D eigenvalue weighted by molar-refractivity contribution is 6.18. The topological polar surface area (TPSA) is 78.5 Å². The highest BCUT2D eigenvalue weighted by Gasteiger charge is 2.52. The molecule has 0 saturated heterocycles. The van der Waals surface area contributed by atoms with E-state index in [2.05, 4.69) is 10.6 Å². The van der Waals surface area contributed by atoms with Crippen LogP contribution in [0.1, 0.15) is 29.2 Å². The Morgan fingerprint density at radius 3 is 2.53 bits per heavy atom. The highest BCUT2D eigenvalue weighted by atomic mass is 19.4. The molecule has 3 amide bonds. The number of benzene rings is 2. The summed E-state index contributed by atoms with van der Waals surface area (Å²) in [6, 6.07) is 9.91. The van der Waals surface area contributed by atoms with E-state index in [0.29, 0.717) is 23.1 Å². The van der Waals surface area contributed by atoms with Crippen molar-refractivity contribution in [3.8, 4) is 0 Å². The van der Waals surface area contributed by atoms with Gasteiger partial charge >= 0.3 is 12.2 Å². The number of para-hydroxylation sites is 1. The third kappa shape index (κ3) is 4.10. The van der Waals surface area contributed by atoms with Crippen molar-refractivity contribution in [1.82, 2.24) is 10.6 Å². The summed E-state index contributed by atoms with van der Waals surface area (Å²) in [5.41, 5.74) is -1.28. The number of fused-ring (bicyclic) bond motifs is 1. The molecule has 32 heavy (non-hydrogen) atoms. The van der Waals surface area contributed by atoms with Crippen molar-refractivity contribution in [2.75, 3.05) is 18.5 Å².